The summed E-state index contributed by atoms with van der Waals surface area (Å²) in [4.78, 5) is 17.5. The van der Waals surface area contributed by atoms with Crippen molar-refractivity contribution < 1.29 is 15.0 Å². The van der Waals surface area contributed by atoms with Gasteiger partial charge in [0, 0.05) is 19.3 Å². The number of rotatable bonds is 6. The third-order valence-electron chi connectivity index (χ3n) is 2.53. The van der Waals surface area contributed by atoms with Crippen LogP contribution in [0.3, 0.4) is 0 Å². The van der Waals surface area contributed by atoms with Gasteiger partial charge >= 0.3 is 0 Å². The number of carbonyl (C=O) groups excluding carboxylic acids is 1. The van der Waals surface area contributed by atoms with Gasteiger partial charge in [0.15, 0.2) is 0 Å². The van der Waals surface area contributed by atoms with Gasteiger partial charge in [-0.1, -0.05) is 6.07 Å². The highest BCUT2D eigenvalue weighted by Gasteiger charge is 2.14. The first-order chi connectivity index (χ1) is 8.19. The number of amides is 1. The summed E-state index contributed by atoms with van der Waals surface area (Å²) < 4.78 is 0. The summed E-state index contributed by atoms with van der Waals surface area (Å²) in [7, 11) is 0. The molecule has 94 valence electrons. The topological polar surface area (TPSA) is 73.7 Å². The zero-order valence-corrected chi connectivity index (χ0v) is 9.96. The first-order valence-corrected chi connectivity index (χ1v) is 5.59. The molecule has 0 bridgehead atoms. The quantitative estimate of drug-likeness (QED) is 0.716. The highest BCUT2D eigenvalue weighted by Crippen LogP contribution is 2.06. The van der Waals surface area contributed by atoms with Crippen LogP contribution < -0.4 is 0 Å². The summed E-state index contributed by atoms with van der Waals surface area (Å²) >= 11 is 0. The fraction of sp³-hybridized carbons (Fsp3) is 0.500. The van der Waals surface area contributed by atoms with Crippen LogP contribution in [0.25, 0.3) is 0 Å². The van der Waals surface area contributed by atoms with E-state index in [2.05, 4.69) is 4.98 Å². The molecule has 0 aliphatic carbocycles. The van der Waals surface area contributed by atoms with Crippen LogP contribution in [-0.4, -0.2) is 52.3 Å². The molecule has 0 spiro atoms. The molecular weight excluding hydrogens is 220 g/mol. The van der Waals surface area contributed by atoms with Gasteiger partial charge in [-0.05, 0) is 18.6 Å². The first-order valence-electron chi connectivity index (χ1n) is 5.59. The molecule has 0 radical (unpaired) electrons. The van der Waals surface area contributed by atoms with Crippen LogP contribution in [0.4, 0.5) is 0 Å². The third-order valence-corrected chi connectivity index (χ3v) is 2.53. The molecule has 0 unspecified atom stereocenters. The molecule has 1 aromatic rings. The Balaban J connectivity index is 2.66. The third kappa shape index (κ3) is 4.13. The Morgan fingerprint density at radius 2 is 2.00 bits per heavy atom. The van der Waals surface area contributed by atoms with Gasteiger partial charge in [0.25, 0.3) is 0 Å². The van der Waals surface area contributed by atoms with E-state index in [0.717, 1.165) is 11.3 Å². The first kappa shape index (κ1) is 13.6. The fourth-order valence-corrected chi connectivity index (χ4v) is 1.56. The Morgan fingerprint density at radius 1 is 1.35 bits per heavy atom. The van der Waals surface area contributed by atoms with Crippen LogP contribution in [0, 0.1) is 6.92 Å². The van der Waals surface area contributed by atoms with Crippen molar-refractivity contribution in [2.45, 2.75) is 13.3 Å². The van der Waals surface area contributed by atoms with E-state index in [4.69, 9.17) is 10.2 Å². The Labute approximate surface area is 101 Å². The van der Waals surface area contributed by atoms with E-state index in [9.17, 15) is 4.79 Å². The minimum absolute atomic E-state index is 0.104. The van der Waals surface area contributed by atoms with Gasteiger partial charge in [0.05, 0.1) is 25.3 Å². The van der Waals surface area contributed by atoms with Crippen molar-refractivity contribution in [2.75, 3.05) is 26.3 Å². The number of hydrogen-bond acceptors (Lipinski definition) is 4. The molecule has 0 saturated heterocycles. The molecule has 1 aromatic heterocycles. The van der Waals surface area contributed by atoms with E-state index in [0.29, 0.717) is 0 Å². The average molecular weight is 238 g/mol. The molecule has 5 nitrogen and oxygen atoms in total. The monoisotopic (exact) mass is 238 g/mol. The molecular formula is C12H18N2O3. The smallest absolute Gasteiger partial charge is 0.228 e. The average Bonchev–Trinajstić information content (AvgIpc) is 2.32. The van der Waals surface area contributed by atoms with E-state index in [1.807, 2.05) is 19.1 Å². The summed E-state index contributed by atoms with van der Waals surface area (Å²) in [5.74, 6) is -0.130. The van der Waals surface area contributed by atoms with E-state index in [1.54, 1.807) is 6.20 Å². The van der Waals surface area contributed by atoms with Crippen molar-refractivity contribution in [1.29, 1.82) is 0 Å². The van der Waals surface area contributed by atoms with Gasteiger partial charge in [-0.2, -0.15) is 0 Å². The zero-order chi connectivity index (χ0) is 12.7. The Kier molecular flexibility index (Phi) is 5.59. The van der Waals surface area contributed by atoms with E-state index in [1.165, 1.54) is 4.90 Å². The number of pyridine rings is 1. The van der Waals surface area contributed by atoms with Crippen LogP contribution >= 0.6 is 0 Å². The second-order valence-corrected chi connectivity index (χ2v) is 3.77. The van der Waals surface area contributed by atoms with Gasteiger partial charge in [0.2, 0.25) is 5.91 Å². The lowest BCUT2D eigenvalue weighted by atomic mass is 10.1. The largest absolute Gasteiger partial charge is 0.395 e. The maximum Gasteiger partial charge on any atom is 0.228 e. The van der Waals surface area contributed by atoms with Crippen molar-refractivity contribution in [1.82, 2.24) is 9.88 Å². The van der Waals surface area contributed by atoms with Crippen LogP contribution in [0.1, 0.15) is 11.3 Å². The molecule has 1 heterocycles. The molecule has 0 aliphatic heterocycles. The van der Waals surface area contributed by atoms with Gasteiger partial charge in [-0.3, -0.25) is 9.78 Å². The molecule has 1 rings (SSSR count). The molecule has 1 amide bonds. The summed E-state index contributed by atoms with van der Waals surface area (Å²) in [6.45, 7) is 2.18. The van der Waals surface area contributed by atoms with Crippen molar-refractivity contribution in [3.8, 4) is 0 Å². The normalized spacial score (nSPS) is 10.3. The number of carbonyl (C=O) groups is 1. The van der Waals surface area contributed by atoms with Crippen molar-refractivity contribution in [3.63, 3.8) is 0 Å². The summed E-state index contributed by atoms with van der Waals surface area (Å²) in [5, 5.41) is 17.7. The molecule has 0 aromatic carbocycles. The number of aryl methyl sites for hydroxylation is 1. The predicted molar refractivity (Wildman–Crippen MR) is 63.4 cm³/mol. The van der Waals surface area contributed by atoms with Gasteiger partial charge in [-0.25, -0.2) is 0 Å². The predicted octanol–water partition coefficient (Wildman–Crippen LogP) is -0.254. The maximum atomic E-state index is 11.9. The molecule has 0 fully saturated rings. The van der Waals surface area contributed by atoms with Gasteiger partial charge in [0.1, 0.15) is 0 Å². The van der Waals surface area contributed by atoms with Gasteiger partial charge < -0.3 is 15.1 Å². The van der Waals surface area contributed by atoms with Crippen LogP contribution in [0.5, 0.6) is 0 Å². The van der Waals surface area contributed by atoms with Crippen molar-refractivity contribution >= 4 is 5.91 Å². The molecule has 5 heteroatoms. The lowest BCUT2D eigenvalue weighted by Crippen LogP contribution is -2.37. The minimum atomic E-state index is -0.130. The van der Waals surface area contributed by atoms with Crippen molar-refractivity contribution in [2.24, 2.45) is 0 Å². The number of aliphatic hydroxyl groups excluding tert-OH is 2. The molecule has 2 N–H and O–H groups in total. The highest BCUT2D eigenvalue weighted by atomic mass is 16.3. The second-order valence-electron chi connectivity index (χ2n) is 3.77. The minimum Gasteiger partial charge on any atom is -0.395 e. The standard InChI is InChI=1S/C12H18N2O3/c1-10-3-2-4-13-11(10)9-12(17)14(5-7-15)6-8-16/h2-4,15-16H,5-9H2,1H3. The lowest BCUT2D eigenvalue weighted by Gasteiger charge is -2.20. The Bertz CT molecular complexity index is 363. The molecule has 17 heavy (non-hydrogen) atoms. The SMILES string of the molecule is Cc1cccnc1CC(=O)N(CCO)CCO. The number of aromatic nitrogens is 1. The summed E-state index contributed by atoms with van der Waals surface area (Å²) in [6, 6.07) is 3.72. The molecule has 0 atom stereocenters. The van der Waals surface area contributed by atoms with E-state index < -0.39 is 0 Å². The zero-order valence-electron chi connectivity index (χ0n) is 9.96. The van der Waals surface area contributed by atoms with Crippen LogP contribution in [0.15, 0.2) is 18.3 Å². The maximum absolute atomic E-state index is 11.9. The molecule has 0 aliphatic rings. The van der Waals surface area contributed by atoms with Crippen molar-refractivity contribution in [3.05, 3.63) is 29.6 Å². The Hall–Kier alpha value is -1.46. The van der Waals surface area contributed by atoms with Gasteiger partial charge in [-0.15, -0.1) is 0 Å². The number of nitrogens with zero attached hydrogens (tertiary/aromatic N) is 2. The van der Waals surface area contributed by atoms with Crippen LogP contribution in [-0.2, 0) is 11.2 Å². The lowest BCUT2D eigenvalue weighted by molar-refractivity contribution is -0.131. The molecule has 0 saturated carbocycles. The fourth-order valence-electron chi connectivity index (χ4n) is 1.56. The second kappa shape index (κ2) is 6.98. The summed E-state index contributed by atoms with van der Waals surface area (Å²) in [6.07, 6.45) is 1.85. The van der Waals surface area contributed by atoms with Crippen LogP contribution in [0.2, 0.25) is 0 Å². The van der Waals surface area contributed by atoms with E-state index >= 15 is 0 Å². The number of aliphatic hydroxyl groups is 2. The number of hydrogen-bond donors (Lipinski definition) is 2. The Morgan fingerprint density at radius 3 is 2.53 bits per heavy atom. The van der Waals surface area contributed by atoms with E-state index in [-0.39, 0.29) is 38.6 Å². The highest BCUT2D eigenvalue weighted by molar-refractivity contribution is 5.78. The summed E-state index contributed by atoms with van der Waals surface area (Å²) in [5.41, 5.74) is 1.70.